The first kappa shape index (κ1) is 28.6. The number of hydrogen-bond donors (Lipinski definition) is 1. The van der Waals surface area contributed by atoms with E-state index in [1.165, 1.54) is 4.57 Å². The molecule has 3 aromatic rings. The quantitative estimate of drug-likeness (QED) is 0.227. The Morgan fingerprint density at radius 1 is 1.08 bits per heavy atom. The number of carbonyl (C=O) groups excluding carboxylic acids is 1. The molecule has 0 saturated heterocycles. The minimum atomic E-state index is -0.621. The zero-order chi connectivity index (χ0) is 28.0. The molecule has 204 valence electrons. The number of ether oxygens (including phenoxy) is 4. The molecular formula is C29H36FN3O5. The molecule has 2 N–H and O–H groups in total. The molecule has 9 heteroatoms. The number of anilines is 1. The van der Waals surface area contributed by atoms with Gasteiger partial charge in [0.05, 0.1) is 44.9 Å². The Kier molecular flexibility index (Phi) is 9.10. The molecule has 0 saturated carbocycles. The van der Waals surface area contributed by atoms with Crippen LogP contribution in [0.2, 0.25) is 0 Å². The van der Waals surface area contributed by atoms with Crippen molar-refractivity contribution in [2.75, 3.05) is 32.7 Å². The van der Waals surface area contributed by atoms with Gasteiger partial charge in [-0.2, -0.15) is 5.26 Å². The van der Waals surface area contributed by atoms with Crippen LogP contribution in [0.4, 0.5) is 10.2 Å². The average Bonchev–Trinajstić information content (AvgIpc) is 3.17. The fraction of sp³-hybridized carbons (Fsp3) is 0.448. The second-order valence-electron chi connectivity index (χ2n) is 9.83. The Labute approximate surface area is 223 Å². The van der Waals surface area contributed by atoms with Crippen molar-refractivity contribution >= 4 is 22.4 Å². The number of nitrogens with two attached hydrogens (primary N) is 1. The monoisotopic (exact) mass is 525 g/mol. The highest BCUT2D eigenvalue weighted by Gasteiger charge is 2.26. The minimum absolute atomic E-state index is 0.000730. The van der Waals surface area contributed by atoms with E-state index >= 15 is 4.39 Å². The van der Waals surface area contributed by atoms with E-state index < -0.39 is 5.82 Å². The second-order valence-corrected chi connectivity index (χ2v) is 9.83. The number of hydrogen-bond acceptors (Lipinski definition) is 7. The van der Waals surface area contributed by atoms with Gasteiger partial charge in [0.15, 0.2) is 34.6 Å². The predicted octanol–water partition coefficient (Wildman–Crippen LogP) is 6.03. The molecule has 38 heavy (non-hydrogen) atoms. The van der Waals surface area contributed by atoms with Crippen LogP contribution in [0.15, 0.2) is 24.4 Å². The van der Waals surface area contributed by atoms with Crippen molar-refractivity contribution in [2.45, 2.75) is 59.4 Å². The van der Waals surface area contributed by atoms with Gasteiger partial charge < -0.3 is 29.2 Å². The van der Waals surface area contributed by atoms with Gasteiger partial charge in [-0.25, -0.2) is 4.39 Å². The first-order valence-corrected chi connectivity index (χ1v) is 12.7. The van der Waals surface area contributed by atoms with Gasteiger partial charge >= 0.3 is 0 Å². The number of rotatable bonds is 12. The minimum Gasteiger partial charge on any atom is -0.493 e. The predicted molar refractivity (Wildman–Crippen MR) is 145 cm³/mol. The average molecular weight is 526 g/mol. The van der Waals surface area contributed by atoms with Crippen molar-refractivity contribution in [1.82, 2.24) is 4.57 Å². The molecule has 0 radical (unpaired) electrons. The number of ketones is 1. The van der Waals surface area contributed by atoms with Crippen LogP contribution < -0.4 is 24.7 Å². The molecule has 0 atom stereocenters. The van der Waals surface area contributed by atoms with Crippen LogP contribution in [0.5, 0.6) is 23.0 Å². The van der Waals surface area contributed by atoms with Gasteiger partial charge in [0, 0.05) is 29.1 Å². The summed E-state index contributed by atoms with van der Waals surface area (Å²) >= 11 is 0. The number of benzene rings is 2. The molecule has 1 aromatic heterocycles. The molecule has 1 heterocycles. The number of Topliss-reactive ketones (excluding diaryl/α,β-unsaturated/α-hetero) is 1. The third kappa shape index (κ3) is 5.96. The number of fused-ring (bicyclic) bond motifs is 1. The lowest BCUT2D eigenvalue weighted by Crippen LogP contribution is -2.17. The van der Waals surface area contributed by atoms with Crippen molar-refractivity contribution in [1.29, 1.82) is 5.26 Å². The summed E-state index contributed by atoms with van der Waals surface area (Å²) in [5.41, 5.74) is 7.20. The van der Waals surface area contributed by atoms with Crippen LogP contribution in [0.1, 0.15) is 63.4 Å². The van der Waals surface area contributed by atoms with Gasteiger partial charge in [-0.15, -0.1) is 0 Å². The van der Waals surface area contributed by atoms with E-state index in [1.807, 2.05) is 20.8 Å². The summed E-state index contributed by atoms with van der Waals surface area (Å²) in [6, 6.07) is 7.20. The summed E-state index contributed by atoms with van der Waals surface area (Å²) in [6.45, 7) is 10.4. The van der Waals surface area contributed by atoms with E-state index in [2.05, 4.69) is 6.07 Å². The van der Waals surface area contributed by atoms with Crippen LogP contribution >= 0.6 is 0 Å². The normalized spacial score (nSPS) is 11.3. The summed E-state index contributed by atoms with van der Waals surface area (Å²) in [5.74, 6) is 0.525. The van der Waals surface area contributed by atoms with E-state index in [9.17, 15) is 4.79 Å². The lowest BCUT2D eigenvalue weighted by molar-refractivity contribution is 0.0972. The number of carbonyl (C=O) groups is 1. The van der Waals surface area contributed by atoms with E-state index in [1.54, 1.807) is 45.4 Å². The molecule has 0 spiro atoms. The van der Waals surface area contributed by atoms with Gasteiger partial charge in [0.2, 0.25) is 0 Å². The highest BCUT2D eigenvalue weighted by molar-refractivity contribution is 6.00. The third-order valence-corrected chi connectivity index (χ3v) is 6.06. The number of nitriles is 1. The Hall–Kier alpha value is -3.93. The summed E-state index contributed by atoms with van der Waals surface area (Å²) in [4.78, 5) is 13.5. The van der Waals surface area contributed by atoms with Gasteiger partial charge in [-0.05, 0) is 43.9 Å². The Morgan fingerprint density at radius 3 is 2.37 bits per heavy atom. The number of aromatic nitrogens is 1. The summed E-state index contributed by atoms with van der Waals surface area (Å²) in [7, 11) is 1.56. The van der Waals surface area contributed by atoms with Crippen LogP contribution in [0.3, 0.4) is 0 Å². The Bertz CT molecular complexity index is 1350. The van der Waals surface area contributed by atoms with Gasteiger partial charge in [-0.3, -0.25) is 4.79 Å². The smallest absolute Gasteiger partial charge is 0.197 e. The SMILES string of the molecule is CCOc1cc2cn(CC(=O)c3cc(OCCCC#N)c(OC)c(C(C)(C)C)c3)c(N)c2c(F)c1OCC. The summed E-state index contributed by atoms with van der Waals surface area (Å²) in [6.07, 6.45) is 2.55. The lowest BCUT2D eigenvalue weighted by Gasteiger charge is -2.25. The molecule has 8 nitrogen and oxygen atoms in total. The van der Waals surface area contributed by atoms with Crippen LogP contribution in [0, 0.1) is 17.1 Å². The molecule has 0 aliphatic heterocycles. The first-order chi connectivity index (χ1) is 18.1. The third-order valence-electron chi connectivity index (χ3n) is 6.06. The highest BCUT2D eigenvalue weighted by Crippen LogP contribution is 2.41. The summed E-state index contributed by atoms with van der Waals surface area (Å²) in [5, 5.41) is 9.51. The van der Waals surface area contributed by atoms with E-state index in [0.717, 1.165) is 5.56 Å². The molecule has 0 bridgehead atoms. The van der Waals surface area contributed by atoms with E-state index in [0.29, 0.717) is 48.5 Å². The second kappa shape index (κ2) is 12.1. The van der Waals surface area contributed by atoms with Crippen molar-refractivity contribution < 1.29 is 28.1 Å². The van der Waals surface area contributed by atoms with Gasteiger partial charge in [0.25, 0.3) is 0 Å². The Morgan fingerprint density at radius 2 is 1.76 bits per heavy atom. The molecule has 3 rings (SSSR count). The molecule has 0 fully saturated rings. The van der Waals surface area contributed by atoms with Gasteiger partial charge in [0.1, 0.15) is 5.82 Å². The van der Waals surface area contributed by atoms with Crippen molar-refractivity contribution in [3.8, 4) is 29.1 Å². The highest BCUT2D eigenvalue weighted by atomic mass is 19.1. The van der Waals surface area contributed by atoms with Crippen LogP contribution in [0.25, 0.3) is 10.8 Å². The maximum absolute atomic E-state index is 15.4. The van der Waals surface area contributed by atoms with E-state index in [4.69, 9.17) is 29.9 Å². The van der Waals surface area contributed by atoms with Crippen LogP contribution in [-0.4, -0.2) is 37.3 Å². The van der Waals surface area contributed by atoms with Crippen molar-refractivity contribution in [3.63, 3.8) is 0 Å². The maximum Gasteiger partial charge on any atom is 0.197 e. The molecule has 0 aliphatic carbocycles. The zero-order valence-corrected chi connectivity index (χ0v) is 22.9. The topological polar surface area (TPSA) is 109 Å². The fourth-order valence-electron chi connectivity index (χ4n) is 4.26. The first-order valence-electron chi connectivity index (χ1n) is 12.7. The molecular weight excluding hydrogens is 489 g/mol. The maximum atomic E-state index is 15.4. The molecule has 0 amide bonds. The fourth-order valence-corrected chi connectivity index (χ4v) is 4.26. The van der Waals surface area contributed by atoms with Crippen LogP contribution in [-0.2, 0) is 12.0 Å². The Balaban J connectivity index is 2.03. The largest absolute Gasteiger partial charge is 0.493 e. The number of methoxy groups -OCH3 is 1. The standard InChI is InChI=1S/C29H36FN3O5/c1-7-36-23-15-19-16-33(28(32)24(19)25(30)27(23)37-8-2)17-21(34)18-13-20(29(3,4)5)26(35-6)22(14-18)38-12-10-9-11-31/h13-16H,7-10,12,17,32H2,1-6H3. The lowest BCUT2D eigenvalue weighted by atomic mass is 9.84. The number of nitrogens with zero attached hydrogens (tertiary/aromatic N) is 2. The molecule has 0 unspecified atom stereocenters. The van der Waals surface area contributed by atoms with Gasteiger partial charge in [-0.1, -0.05) is 20.8 Å². The van der Waals surface area contributed by atoms with Crippen molar-refractivity contribution in [3.05, 3.63) is 41.3 Å². The number of nitrogen functional groups attached to an aromatic ring is 1. The summed E-state index contributed by atoms with van der Waals surface area (Å²) < 4.78 is 39.6. The molecule has 2 aromatic carbocycles. The number of halogens is 1. The van der Waals surface area contributed by atoms with Crippen molar-refractivity contribution in [2.24, 2.45) is 0 Å². The number of unbranched alkanes of at least 4 members (excludes halogenated alkanes) is 1. The molecule has 0 aliphatic rings. The zero-order valence-electron chi connectivity index (χ0n) is 22.9. The van der Waals surface area contributed by atoms with E-state index in [-0.39, 0.29) is 47.1 Å².